The predicted molar refractivity (Wildman–Crippen MR) is 91.2 cm³/mol. The first-order chi connectivity index (χ1) is 12.3. The van der Waals surface area contributed by atoms with Crippen molar-refractivity contribution in [1.82, 2.24) is 35.0 Å². The van der Waals surface area contributed by atoms with Crippen molar-refractivity contribution in [3.8, 4) is 11.4 Å². The van der Waals surface area contributed by atoms with E-state index >= 15 is 0 Å². The zero-order chi connectivity index (χ0) is 17.1. The second-order valence-electron chi connectivity index (χ2n) is 5.49. The minimum Gasteiger partial charge on any atom is -0.347 e. The third-order valence-electron chi connectivity index (χ3n) is 3.75. The Kier molecular flexibility index (Phi) is 3.91. The highest BCUT2D eigenvalue weighted by atomic mass is 16.1. The Morgan fingerprint density at radius 1 is 1.20 bits per heavy atom. The number of aromatic amines is 1. The molecule has 1 amide bonds. The first-order valence-electron chi connectivity index (χ1n) is 7.78. The Morgan fingerprint density at radius 3 is 3.00 bits per heavy atom. The van der Waals surface area contributed by atoms with Gasteiger partial charge in [-0.05, 0) is 24.3 Å². The lowest BCUT2D eigenvalue weighted by atomic mass is 10.3. The van der Waals surface area contributed by atoms with E-state index in [1.54, 1.807) is 18.7 Å². The fourth-order valence-corrected chi connectivity index (χ4v) is 2.53. The number of para-hydroxylation sites is 2. The highest BCUT2D eigenvalue weighted by Gasteiger charge is 2.09. The van der Waals surface area contributed by atoms with Gasteiger partial charge in [-0.15, -0.1) is 0 Å². The normalized spacial score (nSPS) is 10.9. The maximum absolute atomic E-state index is 12.2. The van der Waals surface area contributed by atoms with E-state index in [1.165, 1.54) is 0 Å². The van der Waals surface area contributed by atoms with Crippen molar-refractivity contribution in [3.63, 3.8) is 0 Å². The number of hydrogen-bond acceptors (Lipinski definition) is 5. The molecule has 25 heavy (non-hydrogen) atoms. The summed E-state index contributed by atoms with van der Waals surface area (Å²) >= 11 is 0. The number of fused-ring (bicyclic) bond motifs is 1. The zero-order valence-corrected chi connectivity index (χ0v) is 13.3. The third-order valence-corrected chi connectivity index (χ3v) is 3.75. The average Bonchev–Trinajstić information content (AvgIpc) is 3.28. The van der Waals surface area contributed by atoms with Gasteiger partial charge in [0.25, 0.3) is 0 Å². The summed E-state index contributed by atoms with van der Waals surface area (Å²) in [5.41, 5.74) is 2.61. The molecule has 0 atom stereocenters. The molecule has 0 aliphatic rings. The van der Waals surface area contributed by atoms with E-state index < -0.39 is 0 Å². The summed E-state index contributed by atoms with van der Waals surface area (Å²) in [6, 6.07) is 11.4. The third kappa shape index (κ3) is 3.23. The second-order valence-corrected chi connectivity index (χ2v) is 5.49. The van der Waals surface area contributed by atoms with Crippen LogP contribution in [0, 0.1) is 0 Å². The molecule has 0 bridgehead atoms. The lowest BCUT2D eigenvalue weighted by Crippen LogP contribution is -2.27. The number of nitrogens with one attached hydrogen (secondary N) is 2. The molecule has 4 aromatic rings. The van der Waals surface area contributed by atoms with Crippen molar-refractivity contribution >= 4 is 16.9 Å². The van der Waals surface area contributed by atoms with Gasteiger partial charge in [-0.1, -0.05) is 12.1 Å². The number of carbonyl (C=O) groups is 1. The topological polar surface area (TPSA) is 101 Å². The molecule has 0 aliphatic carbocycles. The van der Waals surface area contributed by atoms with E-state index in [2.05, 4.69) is 30.5 Å². The van der Waals surface area contributed by atoms with Crippen LogP contribution in [-0.4, -0.2) is 35.6 Å². The molecule has 4 rings (SSSR count). The Labute approximate surface area is 143 Å². The van der Waals surface area contributed by atoms with E-state index in [9.17, 15) is 4.79 Å². The molecule has 3 heterocycles. The molecule has 3 aromatic heterocycles. The number of H-pyrrole nitrogens is 1. The number of amides is 1. The minimum absolute atomic E-state index is 0.123. The molecule has 0 saturated carbocycles. The number of nitrogens with zero attached hydrogens (tertiary/aromatic N) is 5. The molecule has 0 radical (unpaired) electrons. The van der Waals surface area contributed by atoms with Crippen molar-refractivity contribution in [3.05, 3.63) is 60.9 Å². The van der Waals surface area contributed by atoms with Gasteiger partial charge >= 0.3 is 0 Å². The Bertz CT molecular complexity index is 1010. The quantitative estimate of drug-likeness (QED) is 0.577. The molecule has 2 N–H and O–H groups in total. The fraction of sp³-hybridized carbons (Fsp3) is 0.118. The molecule has 8 heteroatoms. The molecule has 0 unspecified atom stereocenters. The van der Waals surface area contributed by atoms with Gasteiger partial charge in [0.1, 0.15) is 12.4 Å². The number of carbonyl (C=O) groups excluding carboxylic acids is 1. The Balaban J connectivity index is 1.38. The summed E-state index contributed by atoms with van der Waals surface area (Å²) in [7, 11) is 0. The van der Waals surface area contributed by atoms with Crippen LogP contribution in [0.3, 0.4) is 0 Å². The zero-order valence-electron chi connectivity index (χ0n) is 13.3. The molecule has 1 aromatic carbocycles. The summed E-state index contributed by atoms with van der Waals surface area (Å²) in [6.07, 6.45) is 5.05. The molecule has 0 spiro atoms. The van der Waals surface area contributed by atoms with Gasteiger partial charge < -0.3 is 9.88 Å². The highest BCUT2D eigenvalue weighted by Crippen LogP contribution is 2.12. The number of imidazole rings is 1. The number of hydrogen-bond donors (Lipinski definition) is 2. The summed E-state index contributed by atoms with van der Waals surface area (Å²) in [5, 5.41) is 9.79. The standard InChI is InChI=1S/C17H15N7O/c25-16(10-24-11-20-13-5-1-2-6-14(13)24)19-9-15-21-17(23-22-15)12-4-3-7-18-8-12/h1-8,11H,9-10H2,(H,19,25)(H,21,22,23). The largest absolute Gasteiger partial charge is 0.347 e. The Morgan fingerprint density at radius 2 is 2.12 bits per heavy atom. The Hall–Kier alpha value is -3.55. The number of rotatable bonds is 5. The van der Waals surface area contributed by atoms with Crippen molar-refractivity contribution in [2.24, 2.45) is 0 Å². The molecule has 0 saturated heterocycles. The van der Waals surface area contributed by atoms with E-state index in [0.29, 0.717) is 11.6 Å². The molecular formula is C17H15N7O. The van der Waals surface area contributed by atoms with Crippen LogP contribution in [0.25, 0.3) is 22.4 Å². The van der Waals surface area contributed by atoms with Crippen LogP contribution in [0.2, 0.25) is 0 Å². The smallest absolute Gasteiger partial charge is 0.240 e. The van der Waals surface area contributed by atoms with Crippen molar-refractivity contribution in [1.29, 1.82) is 0 Å². The second kappa shape index (κ2) is 6.52. The molecule has 0 aliphatic heterocycles. The van der Waals surface area contributed by atoms with Gasteiger partial charge in [-0.2, -0.15) is 5.10 Å². The van der Waals surface area contributed by atoms with Gasteiger partial charge in [-0.3, -0.25) is 14.9 Å². The first-order valence-corrected chi connectivity index (χ1v) is 7.78. The van der Waals surface area contributed by atoms with Gasteiger partial charge in [0.2, 0.25) is 5.91 Å². The van der Waals surface area contributed by atoms with Crippen molar-refractivity contribution in [2.45, 2.75) is 13.1 Å². The van der Waals surface area contributed by atoms with Gasteiger partial charge in [0, 0.05) is 18.0 Å². The van der Waals surface area contributed by atoms with Crippen molar-refractivity contribution < 1.29 is 4.79 Å². The monoisotopic (exact) mass is 333 g/mol. The number of benzene rings is 1. The number of pyridine rings is 1. The van der Waals surface area contributed by atoms with Crippen LogP contribution in [0.4, 0.5) is 0 Å². The van der Waals surface area contributed by atoms with E-state index in [4.69, 9.17) is 0 Å². The fourth-order valence-electron chi connectivity index (χ4n) is 2.53. The van der Waals surface area contributed by atoms with Crippen LogP contribution >= 0.6 is 0 Å². The van der Waals surface area contributed by atoms with Crippen LogP contribution in [-0.2, 0) is 17.9 Å². The van der Waals surface area contributed by atoms with Crippen LogP contribution in [0.1, 0.15) is 5.82 Å². The maximum Gasteiger partial charge on any atom is 0.240 e. The van der Waals surface area contributed by atoms with Gasteiger partial charge in [0.15, 0.2) is 5.82 Å². The number of aromatic nitrogens is 6. The van der Waals surface area contributed by atoms with E-state index in [0.717, 1.165) is 16.6 Å². The maximum atomic E-state index is 12.2. The minimum atomic E-state index is -0.123. The van der Waals surface area contributed by atoms with Crippen LogP contribution in [0.15, 0.2) is 55.1 Å². The average molecular weight is 333 g/mol. The lowest BCUT2D eigenvalue weighted by Gasteiger charge is -2.05. The summed E-state index contributed by atoms with van der Waals surface area (Å²) in [5.74, 6) is 1.02. The summed E-state index contributed by atoms with van der Waals surface area (Å²) in [4.78, 5) is 24.8. The van der Waals surface area contributed by atoms with E-state index in [1.807, 2.05) is 41.0 Å². The predicted octanol–water partition coefficient (Wildman–Crippen LogP) is 1.53. The molecule has 124 valence electrons. The van der Waals surface area contributed by atoms with Crippen LogP contribution in [0.5, 0.6) is 0 Å². The first kappa shape index (κ1) is 15.0. The lowest BCUT2D eigenvalue weighted by molar-refractivity contribution is -0.121. The molecular weight excluding hydrogens is 318 g/mol. The van der Waals surface area contributed by atoms with Crippen LogP contribution < -0.4 is 5.32 Å². The van der Waals surface area contributed by atoms with Crippen molar-refractivity contribution in [2.75, 3.05) is 0 Å². The SMILES string of the molecule is O=C(Cn1cnc2ccccc21)NCc1nc(-c2cccnc2)n[nH]1. The van der Waals surface area contributed by atoms with Gasteiger partial charge in [0.05, 0.1) is 23.9 Å². The molecule has 8 nitrogen and oxygen atoms in total. The summed E-state index contributed by atoms with van der Waals surface area (Å²) < 4.78 is 1.81. The molecule has 0 fully saturated rings. The van der Waals surface area contributed by atoms with Gasteiger partial charge in [-0.25, -0.2) is 9.97 Å². The summed E-state index contributed by atoms with van der Waals surface area (Å²) in [6.45, 7) is 0.475. The van der Waals surface area contributed by atoms with E-state index in [-0.39, 0.29) is 19.0 Å². The highest BCUT2D eigenvalue weighted by molar-refractivity contribution is 5.80.